The summed E-state index contributed by atoms with van der Waals surface area (Å²) in [5, 5.41) is 11.3. The van der Waals surface area contributed by atoms with Crippen molar-refractivity contribution in [3.63, 3.8) is 0 Å². The van der Waals surface area contributed by atoms with Crippen LogP contribution in [-0.4, -0.2) is 34.4 Å². The molecule has 0 aromatic heterocycles. The van der Waals surface area contributed by atoms with Gasteiger partial charge in [-0.3, -0.25) is 4.79 Å². The fourth-order valence-corrected chi connectivity index (χ4v) is 2.53. The highest BCUT2D eigenvalue weighted by Gasteiger charge is 2.38. The van der Waals surface area contributed by atoms with Gasteiger partial charge in [0.25, 0.3) is 0 Å². The number of ketones is 1. The molecule has 1 unspecified atom stereocenters. The van der Waals surface area contributed by atoms with Crippen molar-refractivity contribution in [2.45, 2.75) is 24.3 Å². The molecule has 5 nitrogen and oxygen atoms in total. The van der Waals surface area contributed by atoms with E-state index in [1.54, 1.807) is 37.3 Å². The van der Waals surface area contributed by atoms with Gasteiger partial charge in [-0.05, 0) is 12.5 Å². The monoisotopic (exact) mass is 359 g/mol. The van der Waals surface area contributed by atoms with Gasteiger partial charge in [0.05, 0.1) is 17.4 Å². The van der Waals surface area contributed by atoms with Crippen LogP contribution in [-0.2, 0) is 11.3 Å². The Balaban J connectivity index is 2.00. The third-order valence-electron chi connectivity index (χ3n) is 3.84. The molecule has 2 aromatic rings. The molecular formula is C19H21NO4S. The summed E-state index contributed by atoms with van der Waals surface area (Å²) >= 11 is 4.33. The first kappa shape index (κ1) is 19.0. The molecule has 25 heavy (non-hydrogen) atoms. The summed E-state index contributed by atoms with van der Waals surface area (Å²) in [6, 6.07) is 17.8. The molecule has 6 heteroatoms. The predicted octanol–water partition coefficient (Wildman–Crippen LogP) is 2.85. The van der Waals surface area contributed by atoms with Crippen molar-refractivity contribution in [1.82, 2.24) is 5.32 Å². The molecule has 0 radical (unpaired) electrons. The number of hydrogen-bond donors (Lipinski definition) is 3. The summed E-state index contributed by atoms with van der Waals surface area (Å²) in [5.41, 5.74) is 0.0387. The van der Waals surface area contributed by atoms with Crippen LogP contribution in [0.25, 0.3) is 0 Å². The minimum atomic E-state index is -1.26. The van der Waals surface area contributed by atoms with Gasteiger partial charge in [-0.15, -0.1) is 0 Å². The van der Waals surface area contributed by atoms with Gasteiger partial charge in [0, 0.05) is 5.56 Å². The number of hydrogen-bond acceptors (Lipinski definition) is 5. The Morgan fingerprint density at radius 2 is 1.68 bits per heavy atom. The van der Waals surface area contributed by atoms with E-state index in [9.17, 15) is 14.7 Å². The smallest absolute Gasteiger partial charge is 0.408 e. The molecule has 0 aliphatic rings. The van der Waals surface area contributed by atoms with E-state index in [4.69, 9.17) is 4.74 Å². The van der Waals surface area contributed by atoms with E-state index in [1.165, 1.54) is 0 Å². The molecule has 132 valence electrons. The minimum absolute atomic E-state index is 0.0953. The molecule has 0 heterocycles. The summed E-state index contributed by atoms with van der Waals surface area (Å²) in [5.74, 6) is -0.288. The Bertz CT molecular complexity index is 708. The Morgan fingerprint density at radius 1 is 1.12 bits per heavy atom. The van der Waals surface area contributed by atoms with Gasteiger partial charge in [-0.2, -0.15) is 12.6 Å². The SMILES string of the molecule is C[C@](CO)(NC(=O)OCc1ccccc1)C(S)C(=O)c1ccccc1. The summed E-state index contributed by atoms with van der Waals surface area (Å²) in [6.07, 6.45) is -0.722. The molecule has 1 amide bonds. The molecule has 0 aliphatic carbocycles. The first-order valence-electron chi connectivity index (χ1n) is 7.83. The number of aliphatic hydroxyl groups excluding tert-OH is 1. The van der Waals surface area contributed by atoms with Crippen molar-refractivity contribution in [3.8, 4) is 0 Å². The molecule has 0 saturated heterocycles. The third-order valence-corrected chi connectivity index (χ3v) is 4.64. The number of alkyl carbamates (subject to hydrolysis) is 1. The Hall–Kier alpha value is -2.31. The summed E-state index contributed by atoms with van der Waals surface area (Å²) in [6.45, 7) is 1.19. The predicted molar refractivity (Wildman–Crippen MR) is 98.8 cm³/mol. The van der Waals surface area contributed by atoms with Crippen molar-refractivity contribution in [1.29, 1.82) is 0 Å². The van der Waals surface area contributed by atoms with E-state index in [0.717, 1.165) is 5.56 Å². The molecule has 0 spiro atoms. The van der Waals surface area contributed by atoms with Gasteiger partial charge in [0.1, 0.15) is 6.61 Å². The van der Waals surface area contributed by atoms with E-state index in [1.807, 2.05) is 30.3 Å². The topological polar surface area (TPSA) is 75.6 Å². The Morgan fingerprint density at radius 3 is 2.24 bits per heavy atom. The lowest BCUT2D eigenvalue weighted by Gasteiger charge is -2.32. The number of thiol groups is 1. The number of amides is 1. The van der Waals surface area contributed by atoms with E-state index in [2.05, 4.69) is 17.9 Å². The van der Waals surface area contributed by atoms with Crippen LogP contribution >= 0.6 is 12.6 Å². The van der Waals surface area contributed by atoms with Gasteiger partial charge in [-0.25, -0.2) is 4.79 Å². The molecule has 0 saturated carbocycles. The van der Waals surface area contributed by atoms with Gasteiger partial charge in [-0.1, -0.05) is 60.7 Å². The molecule has 0 fully saturated rings. The Kier molecular flexibility index (Phi) is 6.61. The zero-order chi connectivity index (χ0) is 18.3. The average Bonchev–Trinajstić information content (AvgIpc) is 2.66. The first-order chi connectivity index (χ1) is 12.0. The molecule has 2 atom stereocenters. The number of carbonyl (C=O) groups is 2. The standard InChI is InChI=1S/C19H21NO4S/c1-19(13-21,17(25)16(22)15-10-6-3-7-11-15)20-18(23)24-12-14-8-4-2-5-9-14/h2-11,17,21,25H,12-13H2,1H3,(H,20,23)/t17?,19-/m1/s1. The van der Waals surface area contributed by atoms with Gasteiger partial charge >= 0.3 is 6.09 Å². The van der Waals surface area contributed by atoms with Crippen molar-refractivity contribution in [3.05, 3.63) is 71.8 Å². The lowest BCUT2D eigenvalue weighted by molar-refractivity contribution is 0.0870. The van der Waals surface area contributed by atoms with Crippen LogP contribution in [0.2, 0.25) is 0 Å². The van der Waals surface area contributed by atoms with Crippen LogP contribution in [0.5, 0.6) is 0 Å². The lowest BCUT2D eigenvalue weighted by Crippen LogP contribution is -2.57. The zero-order valence-electron chi connectivity index (χ0n) is 13.9. The largest absolute Gasteiger partial charge is 0.445 e. The van der Waals surface area contributed by atoms with Gasteiger partial charge in [0.15, 0.2) is 5.78 Å². The number of ether oxygens (including phenoxy) is 1. The summed E-state index contributed by atoms with van der Waals surface area (Å²) < 4.78 is 5.15. The number of benzene rings is 2. The normalized spacial score (nSPS) is 14.2. The summed E-state index contributed by atoms with van der Waals surface area (Å²) in [4.78, 5) is 24.6. The average molecular weight is 359 g/mol. The first-order valence-corrected chi connectivity index (χ1v) is 8.35. The molecule has 0 bridgehead atoms. The highest BCUT2D eigenvalue weighted by atomic mass is 32.1. The number of aliphatic hydroxyl groups is 1. The van der Waals surface area contributed by atoms with Crippen LogP contribution in [0, 0.1) is 0 Å². The molecule has 0 aliphatic heterocycles. The number of carbonyl (C=O) groups excluding carboxylic acids is 2. The van der Waals surface area contributed by atoms with E-state index in [-0.39, 0.29) is 12.4 Å². The minimum Gasteiger partial charge on any atom is -0.445 e. The van der Waals surface area contributed by atoms with E-state index >= 15 is 0 Å². The van der Waals surface area contributed by atoms with Gasteiger partial charge in [0.2, 0.25) is 0 Å². The second-order valence-corrected chi connectivity index (χ2v) is 6.41. The highest BCUT2D eigenvalue weighted by Crippen LogP contribution is 2.20. The number of rotatable bonds is 7. The number of nitrogens with one attached hydrogen (secondary N) is 1. The zero-order valence-corrected chi connectivity index (χ0v) is 14.8. The van der Waals surface area contributed by atoms with Crippen molar-refractivity contribution in [2.24, 2.45) is 0 Å². The summed E-state index contributed by atoms with van der Waals surface area (Å²) in [7, 11) is 0. The third kappa shape index (κ3) is 5.08. The Labute approximate surface area is 152 Å². The van der Waals surface area contributed by atoms with E-state index in [0.29, 0.717) is 5.56 Å². The fourth-order valence-electron chi connectivity index (χ4n) is 2.24. The second kappa shape index (κ2) is 8.69. The quantitative estimate of drug-likeness (QED) is 0.525. The van der Waals surface area contributed by atoms with E-state index < -0.39 is 23.5 Å². The van der Waals surface area contributed by atoms with Crippen molar-refractivity contribution in [2.75, 3.05) is 6.61 Å². The van der Waals surface area contributed by atoms with Crippen LogP contribution in [0.1, 0.15) is 22.8 Å². The second-order valence-electron chi connectivity index (χ2n) is 5.90. The van der Waals surface area contributed by atoms with Crippen molar-refractivity contribution >= 4 is 24.5 Å². The molecule has 2 rings (SSSR count). The maximum atomic E-state index is 12.5. The molecule has 2 aromatic carbocycles. The fraction of sp³-hybridized carbons (Fsp3) is 0.263. The lowest BCUT2D eigenvalue weighted by atomic mass is 9.92. The van der Waals surface area contributed by atoms with Gasteiger partial charge < -0.3 is 15.2 Å². The van der Waals surface area contributed by atoms with Crippen LogP contribution in [0.15, 0.2) is 60.7 Å². The van der Waals surface area contributed by atoms with Crippen LogP contribution in [0.4, 0.5) is 4.79 Å². The maximum absolute atomic E-state index is 12.5. The molecular weight excluding hydrogens is 338 g/mol. The van der Waals surface area contributed by atoms with Crippen molar-refractivity contribution < 1.29 is 19.4 Å². The maximum Gasteiger partial charge on any atom is 0.408 e. The van der Waals surface area contributed by atoms with Crippen LogP contribution in [0.3, 0.4) is 0 Å². The highest BCUT2D eigenvalue weighted by molar-refractivity contribution is 7.82. The number of Topliss-reactive ketones (excluding diaryl/α,β-unsaturated/α-hetero) is 1. The van der Waals surface area contributed by atoms with Crippen LogP contribution < -0.4 is 5.32 Å². The molecule has 2 N–H and O–H groups in total.